The fraction of sp³-hybridized carbons (Fsp3) is 0.382. The minimum atomic E-state index is -0.0362. The van der Waals surface area contributed by atoms with Crippen LogP contribution in [0.5, 0.6) is 0 Å². The summed E-state index contributed by atoms with van der Waals surface area (Å²) in [5, 5.41) is 29.6. The van der Waals surface area contributed by atoms with E-state index in [1.807, 2.05) is 45.9 Å². The quantitative estimate of drug-likeness (QED) is 0.100. The van der Waals surface area contributed by atoms with Crippen molar-refractivity contribution in [2.75, 3.05) is 0 Å². The Bertz CT molecular complexity index is 1630. The second kappa shape index (κ2) is 14.8. The summed E-state index contributed by atoms with van der Waals surface area (Å²) in [5.41, 5.74) is 2.35. The van der Waals surface area contributed by atoms with Crippen molar-refractivity contribution < 1.29 is 30.0 Å². The summed E-state index contributed by atoms with van der Waals surface area (Å²) in [5.74, 6) is 2.29. The smallest absolute Gasteiger partial charge is 0.203 e. The minimum absolute atomic E-state index is 0. The Balaban J connectivity index is 0.000000334. The molecule has 229 valence electrons. The van der Waals surface area contributed by atoms with E-state index in [1.54, 1.807) is 29.6 Å². The number of benzene rings is 2. The van der Waals surface area contributed by atoms with Crippen LogP contribution in [0.4, 0.5) is 0 Å². The van der Waals surface area contributed by atoms with Gasteiger partial charge in [-0.05, 0) is 45.9 Å². The van der Waals surface area contributed by atoms with Gasteiger partial charge in [0.2, 0.25) is 5.82 Å². The van der Waals surface area contributed by atoms with E-state index >= 15 is 0 Å². The predicted molar refractivity (Wildman–Crippen MR) is 176 cm³/mol. The molecule has 1 radical (unpaired) electrons. The van der Waals surface area contributed by atoms with Crippen molar-refractivity contribution in [1.82, 2.24) is 20.4 Å². The molecule has 0 aliphatic carbocycles. The average Bonchev–Trinajstić information content (AvgIpc) is 3.61. The van der Waals surface area contributed by atoms with Gasteiger partial charge in [0.25, 0.3) is 0 Å². The normalized spacial score (nSPS) is 12.1. The molecule has 9 heteroatoms. The number of nitrogens with zero attached hydrogens (tertiary/aromatic N) is 4. The van der Waals surface area contributed by atoms with Gasteiger partial charge in [-0.15, -0.1) is 39.7 Å². The number of hydrogen-bond acceptors (Lipinski definition) is 8. The fourth-order valence-corrected chi connectivity index (χ4v) is 6.77. The summed E-state index contributed by atoms with van der Waals surface area (Å²) in [6.45, 7) is 17.9. The summed E-state index contributed by atoms with van der Waals surface area (Å²) >= 11 is 3.56. The molecular weight excluding hydrogens is 753 g/mol. The number of hydrogen-bond donors (Lipinski definition) is 1. The van der Waals surface area contributed by atoms with Crippen molar-refractivity contribution in [3.8, 4) is 22.8 Å². The van der Waals surface area contributed by atoms with Gasteiger partial charge in [0.05, 0.1) is 0 Å². The van der Waals surface area contributed by atoms with Crippen molar-refractivity contribution in [3.05, 3.63) is 69.6 Å². The van der Waals surface area contributed by atoms with Gasteiger partial charge in [0.15, 0.2) is 5.78 Å². The van der Waals surface area contributed by atoms with Gasteiger partial charge in [-0.3, -0.25) is 4.79 Å². The Hall–Kier alpha value is -2.84. The van der Waals surface area contributed by atoms with Gasteiger partial charge >= 0.3 is 0 Å². The Labute approximate surface area is 276 Å². The van der Waals surface area contributed by atoms with Crippen molar-refractivity contribution in [2.45, 2.75) is 74.1 Å². The van der Waals surface area contributed by atoms with Gasteiger partial charge in [-0.25, -0.2) is 0 Å². The van der Waals surface area contributed by atoms with Crippen LogP contribution in [0.2, 0.25) is 0 Å². The molecule has 0 saturated carbocycles. The van der Waals surface area contributed by atoms with Crippen LogP contribution in [-0.4, -0.2) is 31.3 Å². The van der Waals surface area contributed by atoms with Crippen LogP contribution in [0.25, 0.3) is 42.9 Å². The van der Waals surface area contributed by atoms with Crippen molar-refractivity contribution in [1.29, 1.82) is 0 Å². The van der Waals surface area contributed by atoms with Crippen LogP contribution in [0.3, 0.4) is 0 Å². The first-order valence-corrected chi connectivity index (χ1v) is 16.0. The van der Waals surface area contributed by atoms with E-state index in [0.29, 0.717) is 29.1 Å². The molecule has 2 aromatic carbocycles. The number of ketones is 1. The first kappa shape index (κ1) is 34.6. The Kier molecular flexibility index (Phi) is 11.9. The molecule has 43 heavy (non-hydrogen) atoms. The molecule has 0 aliphatic rings. The molecule has 0 unspecified atom stereocenters. The molecule has 1 N–H and O–H groups in total. The van der Waals surface area contributed by atoms with Crippen LogP contribution in [0, 0.1) is 17.9 Å². The number of rotatable bonds is 7. The third-order valence-corrected chi connectivity index (χ3v) is 9.92. The first-order valence-electron chi connectivity index (χ1n) is 14.4. The maximum atomic E-state index is 11.4. The molecule has 0 bridgehead atoms. The average molecular weight is 792 g/mol. The number of allylic oxidation sites excluding steroid dienone is 2. The number of thiophene rings is 2. The van der Waals surface area contributed by atoms with Gasteiger partial charge in [-0.2, -0.15) is 21.5 Å². The minimum Gasteiger partial charge on any atom is -0.512 e. The van der Waals surface area contributed by atoms with Crippen molar-refractivity contribution in [3.63, 3.8) is 0 Å². The number of carbonyl (C=O) groups excluding carboxylic acids is 1. The Morgan fingerprint density at radius 1 is 0.767 bits per heavy atom. The van der Waals surface area contributed by atoms with E-state index in [2.05, 4.69) is 78.4 Å². The Morgan fingerprint density at radius 3 is 1.84 bits per heavy atom. The molecule has 6 nitrogen and oxygen atoms in total. The standard InChI is InChI=1S/C24H21N4S2.C10H18O2.Ir/c1-13(2)19-11-15-7-5-9-17(21(15)29-19)23-25-27-24(28-26-23)18-10-6-8-16-12-20(14(3)4)30-22(16)18;1-6(2)9(11)8(5)10(12)7(3)4;/h5-9,11-14H,1-4H3;6-7,11H,1-5H3;/q-1;;/b;9-8-;. The number of aromatic nitrogens is 4. The fourth-order valence-electron chi connectivity index (χ4n) is 4.45. The summed E-state index contributed by atoms with van der Waals surface area (Å²) in [6, 6.07) is 18.0. The van der Waals surface area contributed by atoms with Gasteiger partial charge in [-0.1, -0.05) is 84.5 Å². The van der Waals surface area contributed by atoms with E-state index in [9.17, 15) is 9.90 Å². The van der Waals surface area contributed by atoms with Crippen molar-refractivity contribution >= 4 is 48.6 Å². The molecule has 3 aromatic heterocycles. The SMILES string of the molecule is C/C(C(=O)C(C)C)=C(/O)C(C)C.CC(C)c1cc2cc[c-]c(-c3nnc(-c4cccc5cc(C(C)C)sc45)nn3)c2s1.[Ir]. The first-order chi connectivity index (χ1) is 19.9. The molecule has 0 fully saturated rings. The van der Waals surface area contributed by atoms with E-state index < -0.39 is 0 Å². The van der Waals surface area contributed by atoms with E-state index in [1.165, 1.54) is 25.2 Å². The zero-order valence-corrected chi connectivity index (χ0v) is 30.2. The maximum absolute atomic E-state index is 11.4. The second-order valence-electron chi connectivity index (χ2n) is 11.7. The molecular formula is C34H39IrN4O2S2-. The van der Waals surface area contributed by atoms with E-state index in [0.717, 1.165) is 15.8 Å². The molecule has 5 aromatic rings. The summed E-state index contributed by atoms with van der Waals surface area (Å²) in [4.78, 5) is 14.1. The summed E-state index contributed by atoms with van der Waals surface area (Å²) < 4.78 is 2.32. The van der Waals surface area contributed by atoms with Gasteiger partial charge in [0.1, 0.15) is 11.6 Å². The number of Topliss-reactive ketones (excluding diaryl/α,β-unsaturated/α-hetero) is 1. The number of fused-ring (bicyclic) bond motifs is 2. The van der Waals surface area contributed by atoms with Crippen molar-refractivity contribution in [2.24, 2.45) is 11.8 Å². The second-order valence-corrected chi connectivity index (χ2v) is 13.9. The number of carbonyl (C=O) groups is 1. The Morgan fingerprint density at radius 2 is 1.30 bits per heavy atom. The van der Waals surface area contributed by atoms with E-state index in [4.69, 9.17) is 0 Å². The number of aliphatic hydroxyl groups excluding tert-OH is 1. The molecule has 3 heterocycles. The molecule has 0 spiro atoms. The van der Waals surface area contributed by atoms with E-state index in [-0.39, 0.29) is 43.5 Å². The zero-order valence-electron chi connectivity index (χ0n) is 26.1. The maximum Gasteiger partial charge on any atom is 0.203 e. The summed E-state index contributed by atoms with van der Waals surface area (Å²) in [6.07, 6.45) is 0. The molecule has 0 aliphatic heterocycles. The van der Waals surface area contributed by atoms with Crippen LogP contribution in [0.1, 0.15) is 83.9 Å². The summed E-state index contributed by atoms with van der Waals surface area (Å²) in [7, 11) is 0. The van der Waals surface area contributed by atoms with Crippen LogP contribution in [0.15, 0.2) is 53.8 Å². The van der Waals surface area contributed by atoms with Crippen LogP contribution < -0.4 is 0 Å². The van der Waals surface area contributed by atoms with Gasteiger partial charge in [0, 0.05) is 52.7 Å². The molecule has 0 amide bonds. The molecule has 5 rings (SSSR count). The monoisotopic (exact) mass is 792 g/mol. The molecule has 0 saturated heterocycles. The van der Waals surface area contributed by atoms with Gasteiger partial charge < -0.3 is 5.11 Å². The third-order valence-electron chi connectivity index (χ3n) is 6.97. The van der Waals surface area contributed by atoms with Crippen LogP contribution >= 0.6 is 22.7 Å². The number of aliphatic hydroxyl groups is 1. The third kappa shape index (κ3) is 7.82. The topological polar surface area (TPSA) is 88.9 Å². The predicted octanol–water partition coefficient (Wildman–Crippen LogP) is 9.77. The van der Waals surface area contributed by atoms with Crippen LogP contribution in [-0.2, 0) is 24.9 Å². The molecule has 0 atom stereocenters. The largest absolute Gasteiger partial charge is 0.512 e. The zero-order chi connectivity index (χ0) is 30.7.